The van der Waals surface area contributed by atoms with Crippen LogP contribution >= 0.6 is 0 Å². The number of benzene rings is 1. The van der Waals surface area contributed by atoms with Gasteiger partial charge in [-0.2, -0.15) is 0 Å². The SMILES string of the molecule is CC(CCNC(C)c1c(F)cccc1F)NC(=O)OC(C)(C)C. The van der Waals surface area contributed by atoms with Crippen molar-refractivity contribution in [2.45, 2.75) is 58.7 Å². The van der Waals surface area contributed by atoms with Gasteiger partial charge in [-0.3, -0.25) is 0 Å². The summed E-state index contributed by atoms with van der Waals surface area (Å²) < 4.78 is 32.5. The minimum atomic E-state index is -0.565. The maximum Gasteiger partial charge on any atom is 0.407 e. The second-order valence-corrected chi connectivity index (χ2v) is 6.65. The van der Waals surface area contributed by atoms with Gasteiger partial charge in [0.1, 0.15) is 17.2 Å². The zero-order valence-corrected chi connectivity index (χ0v) is 14.4. The molecule has 0 radical (unpaired) electrons. The average Bonchev–Trinajstić information content (AvgIpc) is 2.35. The molecule has 0 bridgehead atoms. The number of ether oxygens (including phenoxy) is 1. The van der Waals surface area contributed by atoms with Gasteiger partial charge in [-0.05, 0) is 59.7 Å². The number of carbonyl (C=O) groups excluding carboxylic acids is 1. The second-order valence-electron chi connectivity index (χ2n) is 6.65. The second kappa shape index (κ2) is 8.24. The van der Waals surface area contributed by atoms with Crippen LogP contribution in [0.5, 0.6) is 0 Å². The Morgan fingerprint density at radius 1 is 1.22 bits per heavy atom. The van der Waals surface area contributed by atoms with E-state index < -0.39 is 29.4 Å². The highest BCUT2D eigenvalue weighted by atomic mass is 19.1. The highest BCUT2D eigenvalue weighted by Gasteiger charge is 2.18. The Bertz CT molecular complexity index is 510. The van der Waals surface area contributed by atoms with Gasteiger partial charge >= 0.3 is 6.09 Å². The molecule has 1 amide bonds. The molecular weight excluding hydrogens is 302 g/mol. The first-order valence-electron chi connectivity index (χ1n) is 7.77. The van der Waals surface area contributed by atoms with E-state index in [1.165, 1.54) is 18.2 Å². The van der Waals surface area contributed by atoms with Crippen LogP contribution in [0.1, 0.15) is 52.6 Å². The molecule has 130 valence electrons. The minimum Gasteiger partial charge on any atom is -0.444 e. The van der Waals surface area contributed by atoms with Gasteiger partial charge < -0.3 is 15.4 Å². The molecule has 0 aliphatic heterocycles. The topological polar surface area (TPSA) is 50.4 Å². The minimum absolute atomic E-state index is 0.0280. The number of hydrogen-bond acceptors (Lipinski definition) is 3. The number of carbonyl (C=O) groups is 1. The standard InChI is InChI=1S/C17H26F2N2O2/c1-11(21-16(22)23-17(3,4)5)9-10-20-12(2)15-13(18)7-6-8-14(15)19/h6-8,11-12,20H,9-10H2,1-5H3,(H,21,22). The lowest BCUT2D eigenvalue weighted by Gasteiger charge is -2.22. The van der Waals surface area contributed by atoms with Gasteiger partial charge in [-0.25, -0.2) is 13.6 Å². The van der Waals surface area contributed by atoms with Crippen molar-refractivity contribution in [2.75, 3.05) is 6.54 Å². The largest absolute Gasteiger partial charge is 0.444 e. The molecule has 23 heavy (non-hydrogen) atoms. The Hall–Kier alpha value is -1.69. The highest BCUT2D eigenvalue weighted by molar-refractivity contribution is 5.67. The maximum atomic E-state index is 13.7. The Morgan fingerprint density at radius 2 is 1.78 bits per heavy atom. The van der Waals surface area contributed by atoms with Crippen molar-refractivity contribution in [3.05, 3.63) is 35.4 Å². The summed E-state index contributed by atoms with van der Waals surface area (Å²) in [5, 5.41) is 5.78. The number of rotatable bonds is 6. The predicted molar refractivity (Wildman–Crippen MR) is 86.2 cm³/mol. The fourth-order valence-electron chi connectivity index (χ4n) is 2.12. The molecule has 0 aliphatic carbocycles. The van der Waals surface area contributed by atoms with Gasteiger partial charge in [0, 0.05) is 17.6 Å². The zero-order valence-electron chi connectivity index (χ0n) is 14.4. The van der Waals surface area contributed by atoms with Crippen LogP contribution in [0.25, 0.3) is 0 Å². The number of alkyl carbamates (subject to hydrolysis) is 1. The molecule has 0 aliphatic rings. The summed E-state index contributed by atoms with van der Waals surface area (Å²) >= 11 is 0. The molecule has 0 saturated heterocycles. The van der Waals surface area contributed by atoms with E-state index in [1.54, 1.807) is 27.7 Å². The van der Waals surface area contributed by atoms with Crippen LogP contribution in [0, 0.1) is 11.6 Å². The summed E-state index contributed by atoms with van der Waals surface area (Å²) in [6, 6.07) is 3.25. The van der Waals surface area contributed by atoms with Crippen LogP contribution in [0.4, 0.5) is 13.6 Å². The molecule has 0 fully saturated rings. The Labute approximate surface area is 136 Å². The number of halogens is 2. The third kappa shape index (κ3) is 6.95. The van der Waals surface area contributed by atoms with Crippen molar-refractivity contribution >= 4 is 6.09 Å². The van der Waals surface area contributed by atoms with E-state index in [4.69, 9.17) is 4.74 Å². The number of nitrogens with one attached hydrogen (secondary N) is 2. The molecule has 4 nitrogen and oxygen atoms in total. The molecule has 1 aromatic rings. The Kier molecular flexibility index (Phi) is 6.94. The lowest BCUT2D eigenvalue weighted by atomic mass is 10.1. The van der Waals surface area contributed by atoms with Gasteiger partial charge in [-0.15, -0.1) is 0 Å². The zero-order chi connectivity index (χ0) is 17.6. The molecule has 2 unspecified atom stereocenters. The van der Waals surface area contributed by atoms with Crippen LogP contribution in [0.2, 0.25) is 0 Å². The van der Waals surface area contributed by atoms with Crippen molar-refractivity contribution in [1.29, 1.82) is 0 Å². The number of amides is 1. The molecule has 0 saturated carbocycles. The summed E-state index contributed by atoms with van der Waals surface area (Å²) in [5.41, 5.74) is -0.515. The fraction of sp³-hybridized carbons (Fsp3) is 0.588. The maximum absolute atomic E-state index is 13.7. The first-order valence-corrected chi connectivity index (χ1v) is 7.77. The Balaban J connectivity index is 2.40. The third-order valence-corrected chi connectivity index (χ3v) is 3.22. The van der Waals surface area contributed by atoms with Crippen molar-refractivity contribution in [2.24, 2.45) is 0 Å². The molecule has 0 spiro atoms. The van der Waals surface area contributed by atoms with Crippen LogP contribution in [0.15, 0.2) is 18.2 Å². The van der Waals surface area contributed by atoms with E-state index in [1.807, 2.05) is 6.92 Å². The van der Waals surface area contributed by atoms with E-state index in [9.17, 15) is 13.6 Å². The van der Waals surface area contributed by atoms with Crippen LogP contribution in [-0.4, -0.2) is 24.3 Å². The summed E-state index contributed by atoms with van der Waals surface area (Å²) in [5.74, 6) is -1.13. The van der Waals surface area contributed by atoms with Crippen molar-refractivity contribution in [1.82, 2.24) is 10.6 Å². The molecule has 1 rings (SSSR count). The third-order valence-electron chi connectivity index (χ3n) is 3.22. The van der Waals surface area contributed by atoms with Crippen molar-refractivity contribution in [3.8, 4) is 0 Å². The Morgan fingerprint density at radius 3 is 2.30 bits per heavy atom. The summed E-state index contributed by atoms with van der Waals surface area (Å²) in [6.07, 6.45) is 0.137. The van der Waals surface area contributed by atoms with E-state index in [-0.39, 0.29) is 11.6 Å². The summed E-state index contributed by atoms with van der Waals surface area (Å²) in [4.78, 5) is 11.6. The van der Waals surface area contributed by atoms with Crippen LogP contribution in [-0.2, 0) is 4.74 Å². The first kappa shape index (κ1) is 19.4. The van der Waals surface area contributed by atoms with Crippen LogP contribution in [0.3, 0.4) is 0 Å². The van der Waals surface area contributed by atoms with Crippen molar-refractivity contribution < 1.29 is 18.3 Å². The normalized spacial score (nSPS) is 14.2. The summed E-state index contributed by atoms with van der Waals surface area (Å²) in [6.45, 7) is 9.44. The smallest absolute Gasteiger partial charge is 0.407 e. The molecule has 0 heterocycles. The van der Waals surface area contributed by atoms with E-state index in [2.05, 4.69) is 10.6 Å². The lowest BCUT2D eigenvalue weighted by molar-refractivity contribution is 0.0506. The quantitative estimate of drug-likeness (QED) is 0.832. The highest BCUT2D eigenvalue weighted by Crippen LogP contribution is 2.20. The molecule has 2 N–H and O–H groups in total. The summed E-state index contributed by atoms with van der Waals surface area (Å²) in [7, 11) is 0. The van der Waals surface area contributed by atoms with Gasteiger partial charge in [0.2, 0.25) is 0 Å². The van der Waals surface area contributed by atoms with E-state index >= 15 is 0 Å². The van der Waals surface area contributed by atoms with Gasteiger partial charge in [0.25, 0.3) is 0 Å². The fourth-order valence-corrected chi connectivity index (χ4v) is 2.12. The van der Waals surface area contributed by atoms with Crippen molar-refractivity contribution in [3.63, 3.8) is 0 Å². The van der Waals surface area contributed by atoms with Gasteiger partial charge in [0.15, 0.2) is 0 Å². The van der Waals surface area contributed by atoms with E-state index in [0.717, 1.165) is 0 Å². The monoisotopic (exact) mass is 328 g/mol. The number of hydrogen-bond donors (Lipinski definition) is 2. The molecular formula is C17H26F2N2O2. The lowest BCUT2D eigenvalue weighted by Crippen LogP contribution is -2.39. The first-order chi connectivity index (χ1) is 10.6. The average molecular weight is 328 g/mol. The molecule has 0 aromatic heterocycles. The van der Waals surface area contributed by atoms with Crippen LogP contribution < -0.4 is 10.6 Å². The van der Waals surface area contributed by atoms with Gasteiger partial charge in [0.05, 0.1) is 0 Å². The molecule has 2 atom stereocenters. The van der Waals surface area contributed by atoms with E-state index in [0.29, 0.717) is 13.0 Å². The molecule has 1 aromatic carbocycles. The van der Waals surface area contributed by atoms with Gasteiger partial charge in [-0.1, -0.05) is 6.07 Å². The molecule has 6 heteroatoms. The predicted octanol–water partition coefficient (Wildman–Crippen LogP) is 3.92.